The number of benzene rings is 1. The van der Waals surface area contributed by atoms with E-state index >= 15 is 0 Å². The van der Waals surface area contributed by atoms with Crippen LogP contribution in [-0.4, -0.2) is 40.8 Å². The van der Waals surface area contributed by atoms with Crippen LogP contribution in [0.4, 0.5) is 0 Å². The molecule has 0 bridgehead atoms. The van der Waals surface area contributed by atoms with E-state index in [4.69, 9.17) is 21.7 Å². The summed E-state index contributed by atoms with van der Waals surface area (Å²) in [6.45, 7) is 0.704. The van der Waals surface area contributed by atoms with Crippen molar-refractivity contribution >= 4 is 35.0 Å². The van der Waals surface area contributed by atoms with E-state index in [0.717, 1.165) is 29.2 Å². The minimum absolute atomic E-state index is 0.0479. The molecule has 0 spiro atoms. The molecule has 2 aliphatic rings. The highest BCUT2D eigenvalue weighted by molar-refractivity contribution is 7.98. The van der Waals surface area contributed by atoms with E-state index in [1.165, 1.54) is 0 Å². The summed E-state index contributed by atoms with van der Waals surface area (Å²) in [6.07, 6.45) is 2.82. The Morgan fingerprint density at radius 2 is 2.24 bits per heavy atom. The van der Waals surface area contributed by atoms with Crippen molar-refractivity contribution in [1.29, 1.82) is 0 Å². The second kappa shape index (κ2) is 6.11. The van der Waals surface area contributed by atoms with Crippen molar-refractivity contribution in [3.63, 3.8) is 0 Å². The van der Waals surface area contributed by atoms with E-state index in [1.54, 1.807) is 16.7 Å². The lowest BCUT2D eigenvalue weighted by Crippen LogP contribution is -2.31. The number of fused-ring (bicyclic) bond motifs is 1. The number of ether oxygens (including phenoxy) is 2. The molecule has 1 saturated heterocycles. The van der Waals surface area contributed by atoms with Crippen molar-refractivity contribution in [2.75, 3.05) is 18.8 Å². The second-order valence-corrected chi connectivity index (χ2v) is 6.27. The molecule has 2 heterocycles. The van der Waals surface area contributed by atoms with E-state index in [1.807, 2.05) is 24.5 Å². The molecule has 21 heavy (non-hydrogen) atoms. The van der Waals surface area contributed by atoms with Crippen LogP contribution in [0, 0.1) is 0 Å². The highest BCUT2D eigenvalue weighted by Gasteiger charge is 2.34. The van der Waals surface area contributed by atoms with Crippen LogP contribution in [0.15, 0.2) is 18.2 Å². The number of thioether (sulfide) groups is 1. The van der Waals surface area contributed by atoms with Gasteiger partial charge in [0.1, 0.15) is 6.04 Å². The number of nitrogens with one attached hydrogen (secondary N) is 1. The number of hydrogen-bond donors (Lipinski definition) is 1. The smallest absolute Gasteiger partial charge is 0.251 e. The predicted octanol–water partition coefficient (Wildman–Crippen LogP) is 1.75. The molecule has 0 saturated carbocycles. The Morgan fingerprint density at radius 1 is 1.43 bits per heavy atom. The molecule has 1 atom stereocenters. The molecule has 1 aromatic rings. The van der Waals surface area contributed by atoms with E-state index in [2.05, 4.69) is 5.32 Å². The number of thiocarbonyl (C=S) groups is 1. The Morgan fingerprint density at radius 3 is 3.05 bits per heavy atom. The van der Waals surface area contributed by atoms with E-state index in [0.29, 0.717) is 11.7 Å². The Kier molecular flexibility index (Phi) is 4.21. The lowest BCUT2D eigenvalue weighted by molar-refractivity contribution is -0.127. The Labute approximate surface area is 133 Å². The van der Waals surface area contributed by atoms with E-state index < -0.39 is 0 Å². The highest BCUT2D eigenvalue weighted by Crippen LogP contribution is 2.33. The SMILES string of the molecule is CSCC[C@@H]1NC(=S)N(Cc2ccc3c(c2)OCO3)C1=O. The van der Waals surface area contributed by atoms with E-state index in [9.17, 15) is 4.79 Å². The van der Waals surface area contributed by atoms with Gasteiger partial charge < -0.3 is 14.8 Å². The van der Waals surface area contributed by atoms with Gasteiger partial charge in [0.25, 0.3) is 5.91 Å². The predicted molar refractivity (Wildman–Crippen MR) is 85.6 cm³/mol. The summed E-state index contributed by atoms with van der Waals surface area (Å²) >= 11 is 7.00. The first-order chi connectivity index (χ1) is 10.2. The summed E-state index contributed by atoms with van der Waals surface area (Å²) in [6, 6.07) is 5.49. The molecule has 1 N–H and O–H groups in total. The highest BCUT2D eigenvalue weighted by atomic mass is 32.2. The molecule has 1 amide bonds. The lowest BCUT2D eigenvalue weighted by atomic mass is 10.2. The van der Waals surface area contributed by atoms with Crippen molar-refractivity contribution in [2.24, 2.45) is 0 Å². The molecule has 0 radical (unpaired) electrons. The number of carbonyl (C=O) groups is 1. The van der Waals surface area contributed by atoms with Crippen LogP contribution in [0.3, 0.4) is 0 Å². The maximum Gasteiger partial charge on any atom is 0.251 e. The standard InChI is InChI=1S/C14H16N2O3S2/c1-21-5-4-10-13(17)16(14(20)15-10)7-9-2-3-11-12(6-9)19-8-18-11/h2-3,6,10H,4-5,7-8H2,1H3,(H,15,20)/t10-/m0/s1. The minimum Gasteiger partial charge on any atom is -0.454 e. The fourth-order valence-electron chi connectivity index (χ4n) is 2.38. The van der Waals surface area contributed by atoms with Gasteiger partial charge in [0.15, 0.2) is 16.6 Å². The monoisotopic (exact) mass is 324 g/mol. The van der Waals surface area contributed by atoms with Crippen LogP contribution < -0.4 is 14.8 Å². The lowest BCUT2D eigenvalue weighted by Gasteiger charge is -2.15. The third-order valence-corrected chi connectivity index (χ3v) is 4.48. The van der Waals surface area contributed by atoms with Crippen molar-refractivity contribution in [2.45, 2.75) is 19.0 Å². The Hall–Kier alpha value is -1.47. The summed E-state index contributed by atoms with van der Waals surface area (Å²) in [7, 11) is 0. The number of rotatable bonds is 5. The quantitative estimate of drug-likeness (QED) is 0.833. The van der Waals surface area contributed by atoms with Gasteiger partial charge in [-0.05, 0) is 48.3 Å². The number of nitrogens with zero attached hydrogens (tertiary/aromatic N) is 1. The van der Waals surface area contributed by atoms with Gasteiger partial charge in [-0.3, -0.25) is 9.69 Å². The fourth-order valence-corrected chi connectivity index (χ4v) is 3.15. The fraction of sp³-hybridized carbons (Fsp3) is 0.429. The van der Waals surface area contributed by atoms with Gasteiger partial charge in [0.2, 0.25) is 6.79 Å². The number of hydrogen-bond acceptors (Lipinski definition) is 5. The Bertz CT molecular complexity index is 579. The maximum atomic E-state index is 12.4. The molecule has 1 fully saturated rings. The number of carbonyl (C=O) groups excluding carboxylic acids is 1. The van der Waals surface area contributed by atoms with Crippen LogP contribution in [0.1, 0.15) is 12.0 Å². The molecule has 1 aromatic carbocycles. The van der Waals surface area contributed by atoms with Crippen molar-refractivity contribution in [3.8, 4) is 11.5 Å². The largest absolute Gasteiger partial charge is 0.454 e. The molecule has 3 rings (SSSR count). The van der Waals surface area contributed by atoms with Crippen LogP contribution in [0.5, 0.6) is 11.5 Å². The Balaban J connectivity index is 1.69. The molecule has 0 aliphatic carbocycles. The molecular formula is C14H16N2O3S2. The summed E-state index contributed by atoms with van der Waals surface area (Å²) in [5.41, 5.74) is 0.974. The van der Waals surface area contributed by atoms with Gasteiger partial charge in [-0.15, -0.1) is 0 Å². The zero-order chi connectivity index (χ0) is 14.8. The minimum atomic E-state index is -0.195. The zero-order valence-electron chi connectivity index (χ0n) is 11.6. The average molecular weight is 324 g/mol. The van der Waals surface area contributed by atoms with Gasteiger partial charge in [0, 0.05) is 0 Å². The summed E-state index contributed by atoms with van der Waals surface area (Å²) in [5, 5.41) is 3.60. The van der Waals surface area contributed by atoms with Gasteiger partial charge >= 0.3 is 0 Å². The summed E-state index contributed by atoms with van der Waals surface area (Å²) in [4.78, 5) is 14.0. The first-order valence-corrected chi connectivity index (χ1v) is 8.48. The first kappa shape index (κ1) is 14.5. The summed E-state index contributed by atoms with van der Waals surface area (Å²) in [5.74, 6) is 2.44. The van der Waals surface area contributed by atoms with Gasteiger partial charge in [-0.25, -0.2) is 0 Å². The molecule has 112 valence electrons. The van der Waals surface area contributed by atoms with Gasteiger partial charge in [-0.1, -0.05) is 6.07 Å². The molecule has 2 aliphatic heterocycles. The molecule has 0 aromatic heterocycles. The molecule has 0 unspecified atom stereocenters. The topological polar surface area (TPSA) is 50.8 Å². The van der Waals surface area contributed by atoms with Crippen LogP contribution in [0.25, 0.3) is 0 Å². The van der Waals surface area contributed by atoms with Crippen molar-refractivity contribution < 1.29 is 14.3 Å². The third kappa shape index (κ3) is 2.94. The van der Waals surface area contributed by atoms with E-state index in [-0.39, 0.29) is 18.7 Å². The van der Waals surface area contributed by atoms with Crippen molar-refractivity contribution in [1.82, 2.24) is 10.2 Å². The third-order valence-electron chi connectivity index (χ3n) is 3.50. The first-order valence-electron chi connectivity index (χ1n) is 6.68. The van der Waals surface area contributed by atoms with Gasteiger partial charge in [-0.2, -0.15) is 11.8 Å². The van der Waals surface area contributed by atoms with Gasteiger partial charge in [0.05, 0.1) is 6.54 Å². The second-order valence-electron chi connectivity index (χ2n) is 4.90. The molecule has 5 nitrogen and oxygen atoms in total. The molecule has 7 heteroatoms. The van der Waals surface area contributed by atoms with Crippen molar-refractivity contribution in [3.05, 3.63) is 23.8 Å². The summed E-state index contributed by atoms with van der Waals surface area (Å²) < 4.78 is 10.6. The van der Waals surface area contributed by atoms with Crippen LogP contribution >= 0.6 is 24.0 Å². The molecular weight excluding hydrogens is 308 g/mol. The number of amides is 1. The van der Waals surface area contributed by atoms with Crippen LogP contribution in [-0.2, 0) is 11.3 Å². The van der Waals surface area contributed by atoms with Crippen LogP contribution in [0.2, 0.25) is 0 Å². The average Bonchev–Trinajstić information content (AvgIpc) is 3.04. The zero-order valence-corrected chi connectivity index (χ0v) is 13.3. The normalized spacial score (nSPS) is 20.0. The maximum absolute atomic E-state index is 12.4.